The highest BCUT2D eigenvalue weighted by atomic mass is 35.5. The van der Waals surface area contributed by atoms with Crippen molar-refractivity contribution in [3.8, 4) is 0 Å². The summed E-state index contributed by atoms with van der Waals surface area (Å²) in [5.74, 6) is -0.995. The Bertz CT molecular complexity index is 1510. The maximum absolute atomic E-state index is 13.5. The lowest BCUT2D eigenvalue weighted by Gasteiger charge is -2.18. The predicted molar refractivity (Wildman–Crippen MR) is 166 cm³/mol. The second-order valence-corrected chi connectivity index (χ2v) is 11.1. The second-order valence-electron chi connectivity index (χ2n) is 9.07. The molecular formula is C32H28Cl2N2O4S. The van der Waals surface area contributed by atoms with Gasteiger partial charge in [0, 0.05) is 21.3 Å². The van der Waals surface area contributed by atoms with Gasteiger partial charge in [-0.2, -0.15) is 0 Å². The quantitative estimate of drug-likeness (QED) is 0.101. The first-order valence-corrected chi connectivity index (χ1v) is 14.6. The van der Waals surface area contributed by atoms with Crippen LogP contribution in [0, 0.1) is 0 Å². The normalized spacial score (nSPS) is 11.4. The van der Waals surface area contributed by atoms with E-state index in [0.29, 0.717) is 34.1 Å². The summed E-state index contributed by atoms with van der Waals surface area (Å²) in [5.41, 5.74) is 2.65. The van der Waals surface area contributed by atoms with Crippen LogP contribution >= 0.6 is 35.0 Å². The molecule has 0 aliphatic carbocycles. The maximum Gasteiger partial charge on any atom is 0.338 e. The van der Waals surface area contributed by atoms with Crippen LogP contribution in [0.4, 0.5) is 11.4 Å². The van der Waals surface area contributed by atoms with E-state index in [2.05, 4.69) is 10.6 Å². The van der Waals surface area contributed by atoms with Crippen molar-refractivity contribution in [1.82, 2.24) is 0 Å². The highest BCUT2D eigenvalue weighted by molar-refractivity contribution is 8.00. The molecule has 0 aliphatic heterocycles. The van der Waals surface area contributed by atoms with Crippen LogP contribution in [0.3, 0.4) is 0 Å². The van der Waals surface area contributed by atoms with E-state index in [1.54, 1.807) is 54.6 Å². The maximum atomic E-state index is 13.5. The van der Waals surface area contributed by atoms with Crippen LogP contribution in [0.15, 0.2) is 102 Å². The molecule has 6 nitrogen and oxygen atoms in total. The Morgan fingerprint density at radius 2 is 1.59 bits per heavy atom. The van der Waals surface area contributed by atoms with E-state index in [0.717, 1.165) is 23.3 Å². The van der Waals surface area contributed by atoms with Gasteiger partial charge in [-0.25, -0.2) is 4.79 Å². The molecule has 0 bridgehead atoms. The molecule has 0 spiro atoms. The molecule has 2 N–H and O–H groups in total. The van der Waals surface area contributed by atoms with Gasteiger partial charge in [-0.3, -0.25) is 9.59 Å². The second kappa shape index (κ2) is 14.7. The van der Waals surface area contributed by atoms with Gasteiger partial charge in [-0.05, 0) is 72.6 Å². The summed E-state index contributed by atoms with van der Waals surface area (Å²) < 4.78 is 5.25. The standard InChI is InChI=1S/C32H28Cl2N2O4S/c1-2-3-18-40-32(39)22-12-15-24(16-13-22)35-31(38)29(21-8-5-4-6-9-21)41-26-11-7-10-25(20-26)36-30(37)27-17-14-23(33)19-28(27)34/h4-17,19-20,29H,2-3,18H2,1H3,(H,35,38)(H,36,37). The molecule has 0 saturated carbocycles. The fraction of sp³-hybridized carbons (Fsp3) is 0.156. The summed E-state index contributed by atoms with van der Waals surface area (Å²) in [6.07, 6.45) is 1.75. The van der Waals surface area contributed by atoms with Gasteiger partial charge in [0.15, 0.2) is 0 Å². The van der Waals surface area contributed by atoms with Crippen LogP contribution in [-0.2, 0) is 9.53 Å². The number of anilines is 2. The lowest BCUT2D eigenvalue weighted by Crippen LogP contribution is -2.19. The Labute approximate surface area is 253 Å². The smallest absolute Gasteiger partial charge is 0.338 e. The molecule has 4 aromatic carbocycles. The van der Waals surface area contributed by atoms with Crippen molar-refractivity contribution in [1.29, 1.82) is 0 Å². The first-order valence-electron chi connectivity index (χ1n) is 13.0. The number of thioether (sulfide) groups is 1. The molecule has 0 saturated heterocycles. The zero-order valence-electron chi connectivity index (χ0n) is 22.2. The number of amides is 2. The number of esters is 1. The summed E-state index contributed by atoms with van der Waals surface area (Å²) in [6.45, 7) is 2.41. The molecule has 1 unspecified atom stereocenters. The summed E-state index contributed by atoms with van der Waals surface area (Å²) in [4.78, 5) is 39.3. The van der Waals surface area contributed by atoms with Crippen LogP contribution in [0.5, 0.6) is 0 Å². The Morgan fingerprint density at radius 1 is 0.829 bits per heavy atom. The van der Waals surface area contributed by atoms with Crippen LogP contribution in [0.2, 0.25) is 10.0 Å². The number of hydrogen-bond donors (Lipinski definition) is 2. The van der Waals surface area contributed by atoms with Crippen molar-refractivity contribution in [3.05, 3.63) is 124 Å². The molecule has 41 heavy (non-hydrogen) atoms. The highest BCUT2D eigenvalue weighted by Crippen LogP contribution is 2.37. The lowest BCUT2D eigenvalue weighted by molar-refractivity contribution is -0.115. The molecule has 2 amide bonds. The molecule has 0 aromatic heterocycles. The minimum atomic E-state index is -0.591. The molecule has 0 radical (unpaired) electrons. The first-order chi connectivity index (χ1) is 19.8. The van der Waals surface area contributed by atoms with E-state index >= 15 is 0 Å². The molecule has 210 valence electrons. The Hall–Kier alpha value is -3.78. The van der Waals surface area contributed by atoms with Crippen LogP contribution in [0.25, 0.3) is 0 Å². The zero-order chi connectivity index (χ0) is 29.2. The number of ether oxygens (including phenoxy) is 1. The topological polar surface area (TPSA) is 84.5 Å². The highest BCUT2D eigenvalue weighted by Gasteiger charge is 2.23. The number of unbranched alkanes of at least 4 members (excludes halogenated alkanes) is 1. The number of benzene rings is 4. The van der Waals surface area contributed by atoms with Gasteiger partial charge in [0.2, 0.25) is 5.91 Å². The van der Waals surface area contributed by atoms with Crippen LogP contribution < -0.4 is 10.6 Å². The Balaban J connectivity index is 1.48. The SMILES string of the molecule is CCCCOC(=O)c1ccc(NC(=O)C(Sc2cccc(NC(=O)c3ccc(Cl)cc3Cl)c2)c2ccccc2)cc1. The Morgan fingerprint density at radius 3 is 2.29 bits per heavy atom. The first kappa shape index (κ1) is 30.2. The number of carbonyl (C=O) groups is 3. The fourth-order valence-electron chi connectivity index (χ4n) is 3.85. The molecule has 1 atom stereocenters. The fourth-order valence-corrected chi connectivity index (χ4v) is 5.42. The van der Waals surface area contributed by atoms with Crippen LogP contribution in [-0.4, -0.2) is 24.4 Å². The van der Waals surface area contributed by atoms with E-state index in [9.17, 15) is 14.4 Å². The molecule has 0 aliphatic rings. The minimum absolute atomic E-state index is 0.234. The van der Waals surface area contributed by atoms with Gasteiger partial charge in [0.05, 0.1) is 22.8 Å². The average Bonchev–Trinajstić information content (AvgIpc) is 2.97. The average molecular weight is 608 g/mol. The summed E-state index contributed by atoms with van der Waals surface area (Å²) >= 11 is 13.5. The van der Waals surface area contributed by atoms with Gasteiger partial charge in [0.25, 0.3) is 5.91 Å². The number of rotatable bonds is 11. The molecule has 0 fully saturated rings. The Kier molecular flexibility index (Phi) is 10.8. The van der Waals surface area contributed by atoms with Crippen molar-refractivity contribution in [2.45, 2.75) is 29.9 Å². The van der Waals surface area contributed by atoms with E-state index in [1.807, 2.05) is 43.3 Å². The van der Waals surface area contributed by atoms with Gasteiger partial charge < -0.3 is 15.4 Å². The number of hydrogen-bond acceptors (Lipinski definition) is 5. The largest absolute Gasteiger partial charge is 0.462 e. The molecule has 0 heterocycles. The molecular weight excluding hydrogens is 579 g/mol. The van der Waals surface area contributed by atoms with Gasteiger partial charge in [-0.15, -0.1) is 11.8 Å². The summed E-state index contributed by atoms with van der Waals surface area (Å²) in [5, 5.41) is 5.91. The number of carbonyl (C=O) groups excluding carboxylic acids is 3. The zero-order valence-corrected chi connectivity index (χ0v) is 24.6. The van der Waals surface area contributed by atoms with E-state index in [4.69, 9.17) is 27.9 Å². The lowest BCUT2D eigenvalue weighted by atomic mass is 10.1. The third-order valence-electron chi connectivity index (χ3n) is 5.98. The summed E-state index contributed by atoms with van der Waals surface area (Å²) in [6, 6.07) is 28.0. The third kappa shape index (κ3) is 8.60. The summed E-state index contributed by atoms with van der Waals surface area (Å²) in [7, 11) is 0. The predicted octanol–water partition coefficient (Wildman–Crippen LogP) is 8.67. The van der Waals surface area contributed by atoms with Crippen molar-refractivity contribution >= 4 is 64.1 Å². The van der Waals surface area contributed by atoms with Crippen LogP contribution in [0.1, 0.15) is 51.3 Å². The van der Waals surface area contributed by atoms with Crippen molar-refractivity contribution < 1.29 is 19.1 Å². The van der Waals surface area contributed by atoms with Gasteiger partial charge >= 0.3 is 5.97 Å². The monoisotopic (exact) mass is 606 g/mol. The number of nitrogens with one attached hydrogen (secondary N) is 2. The molecule has 4 rings (SSSR count). The third-order valence-corrected chi connectivity index (χ3v) is 7.78. The van der Waals surface area contributed by atoms with E-state index in [-0.39, 0.29) is 22.8 Å². The van der Waals surface area contributed by atoms with Gasteiger partial charge in [0.1, 0.15) is 5.25 Å². The van der Waals surface area contributed by atoms with Gasteiger partial charge in [-0.1, -0.05) is 72.9 Å². The van der Waals surface area contributed by atoms with Crippen molar-refractivity contribution in [2.24, 2.45) is 0 Å². The van der Waals surface area contributed by atoms with Crippen molar-refractivity contribution in [3.63, 3.8) is 0 Å². The molecule has 9 heteroatoms. The minimum Gasteiger partial charge on any atom is -0.462 e. The molecule has 4 aromatic rings. The van der Waals surface area contributed by atoms with E-state index in [1.165, 1.54) is 17.8 Å². The number of halogens is 2. The van der Waals surface area contributed by atoms with Crippen molar-refractivity contribution in [2.75, 3.05) is 17.2 Å². The van der Waals surface area contributed by atoms with E-state index < -0.39 is 5.25 Å².